The lowest BCUT2D eigenvalue weighted by Gasteiger charge is -2.53. The normalized spacial score (nSPS) is 22.7. The number of hydrogen-bond donors (Lipinski definition) is 2. The zero-order valence-electron chi connectivity index (χ0n) is 26.7. The number of benzene rings is 3. The second-order valence-corrected chi connectivity index (χ2v) is 13.8. The van der Waals surface area contributed by atoms with Gasteiger partial charge in [0.2, 0.25) is 17.7 Å². The number of carbonyl (C=O) groups excluding carboxylic acids is 4. The van der Waals surface area contributed by atoms with Crippen LogP contribution in [0.3, 0.4) is 0 Å². The number of carbonyl (C=O) groups is 4. The molecule has 3 amide bonds. The second-order valence-electron chi connectivity index (χ2n) is 13.8. The van der Waals surface area contributed by atoms with Gasteiger partial charge < -0.3 is 20.4 Å². The molecule has 3 aromatic carbocycles. The molecule has 4 atom stereocenters. The predicted octanol–water partition coefficient (Wildman–Crippen LogP) is 2.90. The Balaban J connectivity index is 1.41. The Morgan fingerprint density at radius 1 is 0.978 bits per heavy atom. The van der Waals surface area contributed by atoms with Gasteiger partial charge in [0, 0.05) is 17.9 Å². The van der Waals surface area contributed by atoms with E-state index in [1.54, 1.807) is 18.9 Å². The van der Waals surface area contributed by atoms with Crippen LogP contribution < -0.4 is 10.6 Å². The molecule has 0 bridgehead atoms. The van der Waals surface area contributed by atoms with Gasteiger partial charge in [-0.15, -0.1) is 0 Å². The Labute approximate surface area is 264 Å². The third-order valence-corrected chi connectivity index (χ3v) is 10.2. The van der Waals surface area contributed by atoms with Crippen LogP contribution in [-0.2, 0) is 38.4 Å². The Morgan fingerprint density at radius 3 is 2.24 bits per heavy atom. The van der Waals surface area contributed by atoms with Crippen LogP contribution in [0.25, 0.3) is 10.8 Å². The maximum Gasteiger partial charge on any atom is 0.246 e. The van der Waals surface area contributed by atoms with E-state index in [-0.39, 0.29) is 36.9 Å². The average Bonchev–Trinajstić information content (AvgIpc) is 3.60. The minimum atomic E-state index is -1.50. The van der Waals surface area contributed by atoms with Gasteiger partial charge in [0.1, 0.15) is 12.2 Å². The van der Waals surface area contributed by atoms with Gasteiger partial charge in [-0.2, -0.15) is 0 Å². The zero-order valence-corrected chi connectivity index (χ0v) is 26.7. The Morgan fingerprint density at radius 2 is 1.62 bits per heavy atom. The molecule has 2 heterocycles. The molecule has 2 fully saturated rings. The second kappa shape index (κ2) is 11.7. The highest BCUT2D eigenvalue weighted by molar-refractivity contribution is 5.93. The summed E-state index contributed by atoms with van der Waals surface area (Å²) in [6.45, 7) is 7.57. The molecule has 0 saturated carbocycles. The third-order valence-electron chi connectivity index (χ3n) is 10.2. The molecular weight excluding hydrogens is 566 g/mol. The maximum absolute atomic E-state index is 14.5. The van der Waals surface area contributed by atoms with Crippen molar-refractivity contribution in [1.29, 1.82) is 0 Å². The summed E-state index contributed by atoms with van der Waals surface area (Å²) in [5.74, 6) is -0.638. The van der Waals surface area contributed by atoms with Crippen molar-refractivity contribution in [3.8, 4) is 0 Å². The quantitative estimate of drug-likeness (QED) is 0.381. The summed E-state index contributed by atoms with van der Waals surface area (Å²) in [6.07, 6.45) is 2.00. The van der Waals surface area contributed by atoms with Crippen LogP contribution in [0.2, 0.25) is 0 Å². The molecular formula is C36H43N5O4. The monoisotopic (exact) mass is 609 g/mol. The first kappa shape index (κ1) is 30.9. The fourth-order valence-corrected chi connectivity index (χ4v) is 7.40. The molecule has 2 saturated heterocycles. The first-order valence-corrected chi connectivity index (χ1v) is 15.9. The van der Waals surface area contributed by atoms with Crippen molar-refractivity contribution in [1.82, 2.24) is 25.3 Å². The van der Waals surface area contributed by atoms with E-state index in [2.05, 4.69) is 41.0 Å². The van der Waals surface area contributed by atoms with E-state index < -0.39 is 29.3 Å². The fourth-order valence-electron chi connectivity index (χ4n) is 7.40. The van der Waals surface area contributed by atoms with Gasteiger partial charge in [-0.25, -0.2) is 4.90 Å². The zero-order chi connectivity index (χ0) is 32.1. The Kier molecular flexibility index (Phi) is 8.03. The van der Waals surface area contributed by atoms with Crippen molar-refractivity contribution in [2.24, 2.45) is 5.41 Å². The van der Waals surface area contributed by atoms with Crippen molar-refractivity contribution in [3.05, 3.63) is 83.4 Å². The first-order chi connectivity index (χ1) is 21.5. The molecule has 0 unspecified atom stereocenters. The number of fused-ring (bicyclic) bond motifs is 3. The SMILES string of the molecule is CN[C@@H](C)C(=O)N[C@](C=O)(N1CC(=O)N2[C@@H](Cc3ccc4ccccc4c3)C(=O)N(C3Cc4ccccc4C3)C[C@@H]21)C(C)(C)C. The number of rotatable bonds is 8. The number of amides is 3. The number of piperazine rings is 1. The smallest absolute Gasteiger partial charge is 0.246 e. The summed E-state index contributed by atoms with van der Waals surface area (Å²) in [5, 5.41) is 8.16. The molecule has 1 aliphatic carbocycles. The molecule has 6 rings (SSSR count). The molecule has 2 N–H and O–H groups in total. The lowest BCUT2D eigenvalue weighted by atomic mass is 9.79. The van der Waals surface area contributed by atoms with E-state index in [0.29, 0.717) is 6.42 Å². The molecule has 2 aliphatic heterocycles. The summed E-state index contributed by atoms with van der Waals surface area (Å²) in [4.78, 5) is 60.6. The highest BCUT2D eigenvalue weighted by Gasteiger charge is 2.60. The maximum atomic E-state index is 14.5. The average molecular weight is 610 g/mol. The highest BCUT2D eigenvalue weighted by atomic mass is 16.2. The summed E-state index contributed by atoms with van der Waals surface area (Å²) in [7, 11) is 1.69. The molecule has 45 heavy (non-hydrogen) atoms. The number of hydrogen-bond acceptors (Lipinski definition) is 6. The van der Waals surface area contributed by atoms with Gasteiger partial charge in [0.25, 0.3) is 0 Å². The molecule has 3 aliphatic rings. The van der Waals surface area contributed by atoms with Gasteiger partial charge in [0.15, 0.2) is 11.9 Å². The standard InChI is InChI=1S/C36H43N5O4/c1-23(37-5)33(44)38-36(22-42,35(2,3)4)40-21-32(43)41-30(17-24-14-15-25-10-6-7-11-26(25)16-24)34(45)39(20-31(40)41)29-18-27-12-8-9-13-28(27)19-29/h6-16,22-23,29-31,37H,17-21H2,1-5H3,(H,38,44)/t23-,30-,31+,36+/m0/s1. The first-order valence-electron chi connectivity index (χ1n) is 15.9. The largest absolute Gasteiger partial charge is 0.334 e. The topological polar surface area (TPSA) is 102 Å². The fraction of sp³-hybridized carbons (Fsp3) is 0.444. The van der Waals surface area contributed by atoms with Gasteiger partial charge in [0.05, 0.1) is 19.1 Å². The van der Waals surface area contributed by atoms with Crippen LogP contribution in [0.1, 0.15) is 44.4 Å². The summed E-state index contributed by atoms with van der Waals surface area (Å²) >= 11 is 0. The van der Waals surface area contributed by atoms with Gasteiger partial charge >= 0.3 is 0 Å². The van der Waals surface area contributed by atoms with Crippen LogP contribution in [0, 0.1) is 5.41 Å². The van der Waals surface area contributed by atoms with E-state index in [0.717, 1.165) is 35.5 Å². The van der Waals surface area contributed by atoms with Crippen LogP contribution in [0.15, 0.2) is 66.7 Å². The summed E-state index contributed by atoms with van der Waals surface area (Å²) in [6, 6.07) is 21.2. The summed E-state index contributed by atoms with van der Waals surface area (Å²) in [5.41, 5.74) is 1.14. The van der Waals surface area contributed by atoms with Gasteiger partial charge in [-0.3, -0.25) is 19.2 Å². The number of nitrogens with zero attached hydrogens (tertiary/aromatic N) is 3. The van der Waals surface area contributed by atoms with E-state index in [9.17, 15) is 19.2 Å². The number of likely N-dealkylation sites (N-methyl/N-ethyl adjacent to an activating group) is 1. The van der Waals surface area contributed by atoms with Crippen LogP contribution in [0.4, 0.5) is 0 Å². The van der Waals surface area contributed by atoms with E-state index in [1.807, 2.05) is 67.0 Å². The van der Waals surface area contributed by atoms with Gasteiger partial charge in [-0.05, 0) is 54.3 Å². The number of nitrogens with one attached hydrogen (secondary N) is 2. The number of aldehydes is 1. The molecule has 9 nitrogen and oxygen atoms in total. The van der Waals surface area contributed by atoms with Gasteiger partial charge in [-0.1, -0.05) is 87.5 Å². The molecule has 0 radical (unpaired) electrons. The van der Waals surface area contributed by atoms with Crippen molar-refractivity contribution in [2.75, 3.05) is 20.1 Å². The van der Waals surface area contributed by atoms with E-state index >= 15 is 0 Å². The Hall–Kier alpha value is -4.08. The van der Waals surface area contributed by atoms with E-state index in [1.165, 1.54) is 11.1 Å². The predicted molar refractivity (Wildman–Crippen MR) is 173 cm³/mol. The molecule has 3 aromatic rings. The highest BCUT2D eigenvalue weighted by Crippen LogP contribution is 2.40. The van der Waals surface area contributed by atoms with Crippen LogP contribution >= 0.6 is 0 Å². The lowest BCUT2D eigenvalue weighted by Crippen LogP contribution is -2.74. The van der Waals surface area contributed by atoms with Crippen molar-refractivity contribution < 1.29 is 19.2 Å². The van der Waals surface area contributed by atoms with Crippen LogP contribution in [-0.4, -0.2) is 88.8 Å². The lowest BCUT2D eigenvalue weighted by molar-refractivity contribution is -0.163. The molecule has 0 aromatic heterocycles. The molecule has 236 valence electrons. The minimum Gasteiger partial charge on any atom is -0.334 e. The van der Waals surface area contributed by atoms with Crippen LogP contribution in [0.5, 0.6) is 0 Å². The third kappa shape index (κ3) is 5.32. The summed E-state index contributed by atoms with van der Waals surface area (Å²) < 4.78 is 0. The van der Waals surface area contributed by atoms with Crippen molar-refractivity contribution in [2.45, 2.75) is 76.9 Å². The Bertz CT molecular complexity index is 1620. The minimum absolute atomic E-state index is 0.0621. The van der Waals surface area contributed by atoms with Crippen molar-refractivity contribution >= 4 is 34.8 Å². The van der Waals surface area contributed by atoms with E-state index in [4.69, 9.17) is 0 Å². The van der Waals surface area contributed by atoms with Crippen molar-refractivity contribution in [3.63, 3.8) is 0 Å². The molecule has 0 spiro atoms. The molecule has 9 heteroatoms.